The van der Waals surface area contributed by atoms with Crippen molar-refractivity contribution < 1.29 is 9.21 Å². The Kier molecular flexibility index (Phi) is 5.73. The van der Waals surface area contributed by atoms with Crippen LogP contribution in [0.3, 0.4) is 0 Å². The smallest absolute Gasteiger partial charge is 0.241 e. The number of benzene rings is 1. The van der Waals surface area contributed by atoms with E-state index in [1.54, 1.807) is 6.20 Å². The van der Waals surface area contributed by atoms with Crippen LogP contribution in [-0.4, -0.2) is 16.9 Å². The fraction of sp³-hybridized carbons (Fsp3) is 0.286. The van der Waals surface area contributed by atoms with Crippen LogP contribution >= 0.6 is 12.4 Å². The van der Waals surface area contributed by atoms with E-state index in [1.807, 2.05) is 38.1 Å². The monoisotopic (exact) mass is 295 g/mol. The number of oxazole rings is 1. The lowest BCUT2D eigenvalue weighted by Gasteiger charge is -2.15. The van der Waals surface area contributed by atoms with E-state index in [0.29, 0.717) is 11.4 Å². The zero-order valence-electron chi connectivity index (χ0n) is 11.4. The second-order valence-corrected chi connectivity index (χ2v) is 4.70. The van der Waals surface area contributed by atoms with Crippen LogP contribution < -0.4 is 11.1 Å². The summed E-state index contributed by atoms with van der Waals surface area (Å²) in [7, 11) is 0. The molecule has 2 aromatic rings. The number of anilines is 1. The van der Waals surface area contributed by atoms with Gasteiger partial charge < -0.3 is 15.5 Å². The zero-order chi connectivity index (χ0) is 13.8. The van der Waals surface area contributed by atoms with Crippen LogP contribution in [-0.2, 0) is 4.79 Å². The first kappa shape index (κ1) is 16.2. The standard InChI is InChI=1S/C14H17N3O2.ClH/c1-9(2)13(15)14(18)17-11-5-3-10(4-6-11)12-7-16-8-19-12;/h3-9,13H,15H2,1-2H3,(H,17,18);1H. The summed E-state index contributed by atoms with van der Waals surface area (Å²) in [4.78, 5) is 15.7. The van der Waals surface area contributed by atoms with Crippen LogP contribution in [0.25, 0.3) is 11.3 Å². The van der Waals surface area contributed by atoms with E-state index in [1.165, 1.54) is 6.39 Å². The molecular formula is C14H18ClN3O2. The Morgan fingerprint density at radius 1 is 1.30 bits per heavy atom. The maximum Gasteiger partial charge on any atom is 0.241 e. The minimum absolute atomic E-state index is 0. The number of rotatable bonds is 4. The molecule has 20 heavy (non-hydrogen) atoms. The highest BCUT2D eigenvalue weighted by atomic mass is 35.5. The first-order chi connectivity index (χ1) is 9.08. The van der Waals surface area contributed by atoms with Crippen molar-refractivity contribution in [2.24, 2.45) is 11.7 Å². The van der Waals surface area contributed by atoms with Crippen molar-refractivity contribution in [1.29, 1.82) is 0 Å². The molecule has 1 unspecified atom stereocenters. The summed E-state index contributed by atoms with van der Waals surface area (Å²) in [6.07, 6.45) is 3.02. The van der Waals surface area contributed by atoms with E-state index in [4.69, 9.17) is 10.2 Å². The van der Waals surface area contributed by atoms with Crippen molar-refractivity contribution in [3.63, 3.8) is 0 Å². The largest absolute Gasteiger partial charge is 0.444 e. The molecule has 0 fully saturated rings. The van der Waals surface area contributed by atoms with Gasteiger partial charge in [-0.25, -0.2) is 4.98 Å². The van der Waals surface area contributed by atoms with Crippen LogP contribution in [0.15, 0.2) is 41.3 Å². The van der Waals surface area contributed by atoms with Gasteiger partial charge in [0.25, 0.3) is 0 Å². The second-order valence-electron chi connectivity index (χ2n) is 4.70. The van der Waals surface area contributed by atoms with Crippen LogP contribution in [0.5, 0.6) is 0 Å². The van der Waals surface area contributed by atoms with Crippen molar-refractivity contribution in [1.82, 2.24) is 4.98 Å². The third kappa shape index (κ3) is 3.82. The lowest BCUT2D eigenvalue weighted by Crippen LogP contribution is -2.39. The predicted molar refractivity (Wildman–Crippen MR) is 80.6 cm³/mol. The van der Waals surface area contributed by atoms with Crippen LogP contribution in [0.2, 0.25) is 0 Å². The number of amides is 1. The molecule has 0 saturated heterocycles. The Morgan fingerprint density at radius 3 is 2.45 bits per heavy atom. The Morgan fingerprint density at radius 2 is 1.95 bits per heavy atom. The van der Waals surface area contributed by atoms with Gasteiger partial charge in [-0.05, 0) is 30.2 Å². The van der Waals surface area contributed by atoms with Gasteiger partial charge in [0.05, 0.1) is 12.2 Å². The summed E-state index contributed by atoms with van der Waals surface area (Å²) in [5.74, 6) is 0.618. The van der Waals surface area contributed by atoms with Gasteiger partial charge in [0.2, 0.25) is 5.91 Å². The molecule has 0 spiro atoms. The fourth-order valence-corrected chi connectivity index (χ4v) is 1.60. The van der Waals surface area contributed by atoms with Crippen molar-refractivity contribution in [2.45, 2.75) is 19.9 Å². The highest BCUT2D eigenvalue weighted by molar-refractivity contribution is 5.95. The number of carbonyl (C=O) groups is 1. The van der Waals surface area contributed by atoms with Gasteiger partial charge in [-0.1, -0.05) is 13.8 Å². The summed E-state index contributed by atoms with van der Waals surface area (Å²) in [6, 6.07) is 6.83. The lowest BCUT2D eigenvalue weighted by atomic mass is 10.0. The van der Waals surface area contributed by atoms with Crippen molar-refractivity contribution >= 4 is 24.0 Å². The molecule has 0 saturated carbocycles. The lowest BCUT2D eigenvalue weighted by molar-refractivity contribution is -0.118. The number of nitrogens with zero attached hydrogens (tertiary/aromatic N) is 1. The summed E-state index contributed by atoms with van der Waals surface area (Å²) < 4.78 is 5.19. The summed E-state index contributed by atoms with van der Waals surface area (Å²) in [5.41, 5.74) is 7.40. The number of nitrogens with two attached hydrogens (primary N) is 1. The molecule has 2 rings (SSSR count). The average Bonchev–Trinajstić information content (AvgIpc) is 2.92. The first-order valence-electron chi connectivity index (χ1n) is 6.13. The fourth-order valence-electron chi connectivity index (χ4n) is 1.60. The van der Waals surface area contributed by atoms with Crippen LogP contribution in [0.1, 0.15) is 13.8 Å². The van der Waals surface area contributed by atoms with Gasteiger partial charge in [-0.15, -0.1) is 12.4 Å². The summed E-state index contributed by atoms with van der Waals surface area (Å²) in [6.45, 7) is 3.83. The summed E-state index contributed by atoms with van der Waals surface area (Å²) >= 11 is 0. The van der Waals surface area contributed by atoms with E-state index in [9.17, 15) is 4.79 Å². The molecule has 0 aliphatic heterocycles. The molecule has 1 amide bonds. The number of carbonyl (C=O) groups excluding carboxylic acids is 1. The normalized spacial score (nSPS) is 11.8. The highest BCUT2D eigenvalue weighted by Gasteiger charge is 2.17. The highest BCUT2D eigenvalue weighted by Crippen LogP contribution is 2.20. The van der Waals surface area contributed by atoms with Gasteiger partial charge in [0.15, 0.2) is 12.2 Å². The van der Waals surface area contributed by atoms with E-state index in [0.717, 1.165) is 5.56 Å². The SMILES string of the molecule is CC(C)C(N)C(=O)Nc1ccc(-c2cnco2)cc1.Cl. The molecule has 0 aliphatic rings. The van der Waals surface area contributed by atoms with E-state index < -0.39 is 6.04 Å². The van der Waals surface area contributed by atoms with E-state index in [-0.39, 0.29) is 24.2 Å². The quantitative estimate of drug-likeness (QED) is 0.908. The topological polar surface area (TPSA) is 81.2 Å². The Labute approximate surface area is 124 Å². The molecule has 6 heteroatoms. The molecule has 0 radical (unpaired) electrons. The molecule has 5 nitrogen and oxygen atoms in total. The van der Waals surface area contributed by atoms with Gasteiger partial charge in [-0.2, -0.15) is 0 Å². The van der Waals surface area contributed by atoms with Gasteiger partial charge in [0.1, 0.15) is 0 Å². The van der Waals surface area contributed by atoms with E-state index >= 15 is 0 Å². The predicted octanol–water partition coefficient (Wildman–Crippen LogP) is 2.69. The molecule has 3 N–H and O–H groups in total. The average molecular weight is 296 g/mol. The van der Waals surface area contributed by atoms with E-state index in [2.05, 4.69) is 10.3 Å². The molecule has 1 aromatic heterocycles. The Hall–Kier alpha value is -1.85. The van der Waals surface area contributed by atoms with Gasteiger partial charge in [-0.3, -0.25) is 4.79 Å². The molecule has 1 atom stereocenters. The second kappa shape index (κ2) is 7.07. The molecule has 1 heterocycles. The Balaban J connectivity index is 0.00000200. The number of hydrogen-bond donors (Lipinski definition) is 2. The van der Waals surface area contributed by atoms with Gasteiger partial charge in [0, 0.05) is 11.3 Å². The molecule has 108 valence electrons. The van der Waals surface area contributed by atoms with Gasteiger partial charge >= 0.3 is 0 Å². The minimum Gasteiger partial charge on any atom is -0.444 e. The van der Waals surface area contributed by atoms with Crippen molar-refractivity contribution in [3.05, 3.63) is 36.9 Å². The van der Waals surface area contributed by atoms with Crippen LogP contribution in [0, 0.1) is 5.92 Å². The Bertz CT molecular complexity index is 538. The minimum atomic E-state index is -0.506. The zero-order valence-corrected chi connectivity index (χ0v) is 12.2. The van der Waals surface area contributed by atoms with Crippen LogP contribution in [0.4, 0.5) is 5.69 Å². The maximum absolute atomic E-state index is 11.8. The number of nitrogens with one attached hydrogen (secondary N) is 1. The third-order valence-corrected chi connectivity index (χ3v) is 2.89. The number of halogens is 1. The number of hydrogen-bond acceptors (Lipinski definition) is 4. The number of aromatic nitrogens is 1. The molecule has 0 bridgehead atoms. The first-order valence-corrected chi connectivity index (χ1v) is 6.13. The molecule has 1 aromatic carbocycles. The molecular weight excluding hydrogens is 278 g/mol. The van der Waals surface area contributed by atoms with Crippen molar-refractivity contribution in [3.8, 4) is 11.3 Å². The molecule has 0 aliphatic carbocycles. The maximum atomic E-state index is 11.8. The van der Waals surface area contributed by atoms with Crippen molar-refractivity contribution in [2.75, 3.05) is 5.32 Å². The summed E-state index contributed by atoms with van der Waals surface area (Å²) in [5, 5.41) is 2.79. The third-order valence-electron chi connectivity index (χ3n) is 2.89.